The summed E-state index contributed by atoms with van der Waals surface area (Å²) in [5, 5.41) is 5.13. The van der Waals surface area contributed by atoms with Crippen LogP contribution in [0.5, 0.6) is 0 Å². The Morgan fingerprint density at radius 3 is 2.52 bits per heavy atom. The summed E-state index contributed by atoms with van der Waals surface area (Å²) in [4.78, 5) is 32.7. The predicted octanol–water partition coefficient (Wildman–Crippen LogP) is 2.31. The highest BCUT2D eigenvalue weighted by atomic mass is 32.1. The quantitative estimate of drug-likeness (QED) is 0.666. The molecule has 1 aliphatic heterocycles. The standard InChI is InChI=1S/C21H28N4O3S/c1-3-28-20(27)12-18-15-29-21(22-18)23-19(26)14-25-10-8-24(9-11-25)13-17-6-4-16(2)5-7-17/h4-7,15H,3,8-14H2,1-2H3,(H,22,23,26). The average molecular weight is 417 g/mol. The van der Waals surface area contributed by atoms with Crippen LogP contribution in [0.3, 0.4) is 0 Å². The second kappa shape index (κ2) is 10.5. The number of nitrogens with zero attached hydrogens (tertiary/aromatic N) is 3. The van der Waals surface area contributed by atoms with Gasteiger partial charge in [-0.05, 0) is 19.4 Å². The van der Waals surface area contributed by atoms with E-state index < -0.39 is 0 Å². The molecule has 1 aliphatic rings. The molecule has 0 saturated carbocycles. The number of thiazole rings is 1. The molecule has 156 valence electrons. The summed E-state index contributed by atoms with van der Waals surface area (Å²) >= 11 is 1.32. The normalized spacial score (nSPS) is 15.2. The summed E-state index contributed by atoms with van der Waals surface area (Å²) in [5.41, 5.74) is 3.22. The maximum Gasteiger partial charge on any atom is 0.311 e. The Hall–Kier alpha value is -2.29. The lowest BCUT2D eigenvalue weighted by molar-refractivity contribution is -0.142. The van der Waals surface area contributed by atoms with Gasteiger partial charge in [-0.25, -0.2) is 4.98 Å². The first-order chi connectivity index (χ1) is 14.0. The number of nitrogens with one attached hydrogen (secondary N) is 1. The van der Waals surface area contributed by atoms with E-state index in [2.05, 4.69) is 51.3 Å². The van der Waals surface area contributed by atoms with E-state index >= 15 is 0 Å². The number of aryl methyl sites for hydroxylation is 1. The molecule has 1 aromatic carbocycles. The van der Waals surface area contributed by atoms with Crippen molar-refractivity contribution in [1.29, 1.82) is 0 Å². The van der Waals surface area contributed by atoms with E-state index in [0.29, 0.717) is 24.0 Å². The number of carbonyl (C=O) groups excluding carboxylic acids is 2. The first-order valence-corrected chi connectivity index (χ1v) is 10.8. The number of hydrogen-bond acceptors (Lipinski definition) is 7. The van der Waals surface area contributed by atoms with Crippen molar-refractivity contribution >= 4 is 28.3 Å². The van der Waals surface area contributed by atoms with Crippen molar-refractivity contribution in [3.05, 3.63) is 46.5 Å². The fraction of sp³-hybridized carbons (Fsp3) is 0.476. The molecule has 2 heterocycles. The summed E-state index contributed by atoms with van der Waals surface area (Å²) in [5.74, 6) is -0.381. The molecule has 0 unspecified atom stereocenters. The molecule has 8 heteroatoms. The van der Waals surface area contributed by atoms with Gasteiger partial charge in [-0.15, -0.1) is 11.3 Å². The molecule has 2 aromatic rings. The lowest BCUT2D eigenvalue weighted by atomic mass is 10.1. The molecule has 1 saturated heterocycles. The number of ether oxygens (including phenoxy) is 1. The molecule has 0 bridgehead atoms. The third-order valence-corrected chi connectivity index (χ3v) is 5.59. The topological polar surface area (TPSA) is 74.8 Å². The second-order valence-corrected chi connectivity index (χ2v) is 8.07. The first kappa shape index (κ1) is 21.4. The van der Waals surface area contributed by atoms with Gasteiger partial charge in [0.2, 0.25) is 5.91 Å². The van der Waals surface area contributed by atoms with Crippen LogP contribution in [0.15, 0.2) is 29.6 Å². The molecule has 0 atom stereocenters. The number of hydrogen-bond donors (Lipinski definition) is 1. The Labute approximate surface area is 175 Å². The van der Waals surface area contributed by atoms with Gasteiger partial charge in [0.15, 0.2) is 5.13 Å². The molecule has 0 spiro atoms. The van der Waals surface area contributed by atoms with Gasteiger partial charge in [0, 0.05) is 38.1 Å². The highest BCUT2D eigenvalue weighted by molar-refractivity contribution is 7.13. The summed E-state index contributed by atoms with van der Waals surface area (Å²) in [6, 6.07) is 8.65. The van der Waals surface area contributed by atoms with Crippen LogP contribution in [-0.2, 0) is 27.3 Å². The highest BCUT2D eigenvalue weighted by Gasteiger charge is 2.19. The monoisotopic (exact) mass is 416 g/mol. The smallest absolute Gasteiger partial charge is 0.311 e. The van der Waals surface area contributed by atoms with Crippen LogP contribution in [0, 0.1) is 6.92 Å². The molecule has 1 fully saturated rings. The fourth-order valence-corrected chi connectivity index (χ4v) is 3.95. The van der Waals surface area contributed by atoms with Gasteiger partial charge in [-0.2, -0.15) is 0 Å². The third kappa shape index (κ3) is 6.92. The number of rotatable bonds is 8. The summed E-state index contributed by atoms with van der Waals surface area (Å²) in [6.07, 6.45) is 0.128. The van der Waals surface area contributed by atoms with E-state index in [1.54, 1.807) is 12.3 Å². The summed E-state index contributed by atoms with van der Waals surface area (Å²) in [7, 11) is 0. The molecule has 0 aliphatic carbocycles. The van der Waals surface area contributed by atoms with Gasteiger partial charge in [-0.3, -0.25) is 19.4 Å². The van der Waals surface area contributed by atoms with E-state index in [-0.39, 0.29) is 18.3 Å². The average Bonchev–Trinajstić information content (AvgIpc) is 3.12. The van der Waals surface area contributed by atoms with Crippen molar-refractivity contribution in [3.63, 3.8) is 0 Å². The van der Waals surface area contributed by atoms with Crippen LogP contribution in [0.4, 0.5) is 5.13 Å². The Morgan fingerprint density at radius 1 is 1.14 bits per heavy atom. The zero-order valence-electron chi connectivity index (χ0n) is 17.0. The second-order valence-electron chi connectivity index (χ2n) is 7.21. The van der Waals surface area contributed by atoms with E-state index in [0.717, 1.165) is 32.7 Å². The molecule has 0 radical (unpaired) electrons. The Kier molecular flexibility index (Phi) is 7.74. The Balaban J connectivity index is 1.39. The van der Waals surface area contributed by atoms with Crippen LogP contribution in [-0.4, -0.2) is 66.0 Å². The van der Waals surface area contributed by atoms with Crippen LogP contribution >= 0.6 is 11.3 Å². The summed E-state index contributed by atoms with van der Waals surface area (Å²) in [6.45, 7) is 9.15. The van der Waals surface area contributed by atoms with E-state index in [1.165, 1.54) is 22.5 Å². The van der Waals surface area contributed by atoms with Gasteiger partial charge in [-0.1, -0.05) is 29.8 Å². The van der Waals surface area contributed by atoms with E-state index in [9.17, 15) is 9.59 Å². The maximum atomic E-state index is 12.3. The van der Waals surface area contributed by atoms with Gasteiger partial charge in [0.05, 0.1) is 25.3 Å². The van der Waals surface area contributed by atoms with Crippen LogP contribution < -0.4 is 5.32 Å². The molecule has 29 heavy (non-hydrogen) atoms. The molecular formula is C21H28N4O3S. The molecule has 7 nitrogen and oxygen atoms in total. The number of benzene rings is 1. The number of carbonyl (C=O) groups is 2. The number of piperazine rings is 1. The first-order valence-electron chi connectivity index (χ1n) is 9.92. The Bertz CT molecular complexity index is 814. The zero-order chi connectivity index (χ0) is 20.6. The van der Waals surface area contributed by atoms with Crippen LogP contribution in [0.1, 0.15) is 23.7 Å². The number of aromatic nitrogens is 1. The largest absolute Gasteiger partial charge is 0.466 e. The molecule has 3 rings (SSSR count). The number of esters is 1. The number of amides is 1. The lowest BCUT2D eigenvalue weighted by Crippen LogP contribution is -2.48. The van der Waals surface area contributed by atoms with Crippen molar-refractivity contribution in [3.8, 4) is 0 Å². The van der Waals surface area contributed by atoms with Gasteiger partial charge >= 0.3 is 5.97 Å². The minimum atomic E-state index is -0.306. The van der Waals surface area contributed by atoms with Gasteiger partial charge < -0.3 is 10.1 Å². The van der Waals surface area contributed by atoms with Gasteiger partial charge in [0.1, 0.15) is 0 Å². The minimum absolute atomic E-state index is 0.0750. The van der Waals surface area contributed by atoms with Crippen molar-refractivity contribution in [1.82, 2.24) is 14.8 Å². The SMILES string of the molecule is CCOC(=O)Cc1csc(NC(=O)CN2CCN(Cc3ccc(C)cc3)CC2)n1. The zero-order valence-corrected chi connectivity index (χ0v) is 17.8. The lowest BCUT2D eigenvalue weighted by Gasteiger charge is -2.34. The summed E-state index contributed by atoms with van der Waals surface area (Å²) < 4.78 is 4.92. The molecule has 1 N–H and O–H groups in total. The van der Waals surface area contributed by atoms with Crippen molar-refractivity contribution in [2.24, 2.45) is 0 Å². The maximum absolute atomic E-state index is 12.3. The highest BCUT2D eigenvalue weighted by Crippen LogP contribution is 2.16. The van der Waals surface area contributed by atoms with Gasteiger partial charge in [0.25, 0.3) is 0 Å². The van der Waals surface area contributed by atoms with Crippen LogP contribution in [0.25, 0.3) is 0 Å². The van der Waals surface area contributed by atoms with E-state index in [4.69, 9.17) is 4.74 Å². The van der Waals surface area contributed by atoms with E-state index in [1.807, 2.05) is 0 Å². The minimum Gasteiger partial charge on any atom is -0.466 e. The molecular weight excluding hydrogens is 388 g/mol. The van der Waals surface area contributed by atoms with Crippen molar-refractivity contribution in [2.75, 3.05) is 44.6 Å². The van der Waals surface area contributed by atoms with Crippen LogP contribution in [0.2, 0.25) is 0 Å². The Morgan fingerprint density at radius 2 is 1.83 bits per heavy atom. The molecule has 1 amide bonds. The molecule has 1 aromatic heterocycles. The van der Waals surface area contributed by atoms with Crippen molar-refractivity contribution < 1.29 is 14.3 Å². The van der Waals surface area contributed by atoms with Crippen molar-refractivity contribution in [2.45, 2.75) is 26.8 Å². The number of anilines is 1. The fourth-order valence-electron chi connectivity index (χ4n) is 3.22. The third-order valence-electron chi connectivity index (χ3n) is 4.79. The predicted molar refractivity (Wildman–Crippen MR) is 114 cm³/mol.